The van der Waals surface area contributed by atoms with Gasteiger partial charge in [0.05, 0.1) is 22.3 Å². The molecule has 0 spiro atoms. The molecule has 0 radical (unpaired) electrons. The van der Waals surface area contributed by atoms with Gasteiger partial charge in [0.25, 0.3) is 0 Å². The van der Waals surface area contributed by atoms with E-state index in [4.69, 9.17) is 9.97 Å². The third kappa shape index (κ3) is 6.57. The van der Waals surface area contributed by atoms with Crippen molar-refractivity contribution in [3.8, 4) is 56.3 Å². The summed E-state index contributed by atoms with van der Waals surface area (Å²) in [6.45, 7) is 16.0. The Labute approximate surface area is 328 Å². The van der Waals surface area contributed by atoms with E-state index in [1.54, 1.807) is 0 Å². The summed E-state index contributed by atoms with van der Waals surface area (Å²) in [5, 5.41) is 12.0. The molecule has 7 aromatic rings. The first-order valence-electron chi connectivity index (χ1n) is 18.4. The topological polar surface area (TPSA) is 50.9 Å². The maximum absolute atomic E-state index is 12.0. The predicted octanol–water partition coefficient (Wildman–Crippen LogP) is 12.2. The van der Waals surface area contributed by atoms with E-state index in [-0.39, 0.29) is 43.1 Å². The first kappa shape index (κ1) is 36.6. The molecule has 0 fully saturated rings. The van der Waals surface area contributed by atoms with Gasteiger partial charge in [-0.3, -0.25) is 9.55 Å². The van der Waals surface area contributed by atoms with Gasteiger partial charge in [-0.1, -0.05) is 132 Å². The maximum Gasteiger partial charge on any atom is 0.148 e. The van der Waals surface area contributed by atoms with Crippen molar-refractivity contribution in [2.75, 3.05) is 0 Å². The van der Waals surface area contributed by atoms with Crippen LogP contribution < -0.4 is 0 Å². The monoisotopic (exact) mass is 875 g/mol. The SMILES string of the molecule is CC(C)(C)c1cc(-c2ccccn2)[c-]c(-c2cccc3c2nc(-c2cc4c(cc2O)C(C)(C)CCC4(C)C)n3-c2ccccc2-c2ccccc2)c1.[Pt]. The van der Waals surface area contributed by atoms with Gasteiger partial charge in [-0.25, -0.2) is 4.98 Å². The average Bonchev–Trinajstić information content (AvgIpc) is 3.53. The fraction of sp³-hybridized carbons (Fsp3) is 0.250. The first-order valence-corrected chi connectivity index (χ1v) is 18.4. The number of fused-ring (bicyclic) bond motifs is 2. The third-order valence-electron chi connectivity index (χ3n) is 11.1. The minimum Gasteiger partial charge on any atom is -0.507 e. The molecule has 5 aromatic carbocycles. The molecule has 53 heavy (non-hydrogen) atoms. The number of aromatic hydroxyl groups is 1. The molecule has 2 aromatic heterocycles. The van der Waals surface area contributed by atoms with Crippen molar-refractivity contribution in [2.45, 2.75) is 77.6 Å². The minimum atomic E-state index is -0.101. The fourth-order valence-electron chi connectivity index (χ4n) is 7.86. The molecule has 5 heteroatoms. The zero-order valence-corrected chi connectivity index (χ0v) is 33.8. The van der Waals surface area contributed by atoms with Gasteiger partial charge in [-0.15, -0.1) is 29.3 Å². The Morgan fingerprint density at radius 1 is 0.679 bits per heavy atom. The van der Waals surface area contributed by atoms with E-state index < -0.39 is 0 Å². The Hall–Kier alpha value is -4.79. The van der Waals surface area contributed by atoms with E-state index in [2.05, 4.69) is 144 Å². The maximum atomic E-state index is 12.0. The second-order valence-corrected chi connectivity index (χ2v) is 16.7. The summed E-state index contributed by atoms with van der Waals surface area (Å²) in [5.41, 5.74) is 13.0. The van der Waals surface area contributed by atoms with E-state index in [0.717, 1.165) is 68.6 Å². The zero-order valence-electron chi connectivity index (χ0n) is 31.6. The van der Waals surface area contributed by atoms with E-state index in [9.17, 15) is 5.11 Å². The van der Waals surface area contributed by atoms with E-state index in [1.165, 1.54) is 16.7 Å². The molecule has 8 rings (SSSR count). The number of benzene rings is 5. The van der Waals surface area contributed by atoms with Crippen LogP contribution >= 0.6 is 0 Å². The largest absolute Gasteiger partial charge is 0.507 e. The van der Waals surface area contributed by atoms with Gasteiger partial charge in [-0.05, 0) is 76.1 Å². The number of hydrogen-bond donors (Lipinski definition) is 1. The van der Waals surface area contributed by atoms with Crippen molar-refractivity contribution in [3.05, 3.63) is 144 Å². The molecule has 0 bridgehead atoms. The Morgan fingerprint density at radius 3 is 2.02 bits per heavy atom. The molecule has 1 aliphatic rings. The smallest absolute Gasteiger partial charge is 0.148 e. The quantitative estimate of drug-likeness (QED) is 0.175. The molecule has 1 N–H and O–H groups in total. The van der Waals surface area contributed by atoms with Crippen LogP contribution in [0.3, 0.4) is 0 Å². The summed E-state index contributed by atoms with van der Waals surface area (Å²) in [6, 6.07) is 43.8. The summed E-state index contributed by atoms with van der Waals surface area (Å²) >= 11 is 0. The predicted molar refractivity (Wildman–Crippen MR) is 215 cm³/mol. The summed E-state index contributed by atoms with van der Waals surface area (Å²) in [6.07, 6.45) is 3.98. The van der Waals surface area contributed by atoms with Crippen molar-refractivity contribution < 1.29 is 26.2 Å². The standard InChI is InChI=1S/C48H46N3O.Pt/c1-46(2,3)34-27-32(26-33(28-34)40-20-13-14-25-49-40)36-19-15-22-42-44(36)50-45(51(42)41-21-12-11-18-35(41)31-16-9-8-10-17-31)37-29-38-39(30-43(37)52)48(6,7)24-23-47(38,4)5;/h8-22,25,27-30,52H,23-24H2,1-7H3;/q-1;. The molecular formula is C48H46N3OPt-. The number of phenols is 1. The van der Waals surface area contributed by atoms with Crippen molar-refractivity contribution in [2.24, 2.45) is 0 Å². The Bertz CT molecular complexity index is 2450. The van der Waals surface area contributed by atoms with Crippen LogP contribution in [0, 0.1) is 6.07 Å². The number of rotatable bonds is 5. The summed E-state index contributed by atoms with van der Waals surface area (Å²) in [5.74, 6) is 0.959. The normalized spacial score (nSPS) is 14.8. The summed E-state index contributed by atoms with van der Waals surface area (Å²) in [7, 11) is 0. The van der Waals surface area contributed by atoms with Crippen LogP contribution in [-0.2, 0) is 37.3 Å². The molecule has 0 unspecified atom stereocenters. The molecule has 1 aliphatic carbocycles. The molecule has 0 aliphatic heterocycles. The fourth-order valence-corrected chi connectivity index (χ4v) is 7.86. The Morgan fingerprint density at radius 2 is 1.32 bits per heavy atom. The average molecular weight is 876 g/mol. The number of nitrogens with zero attached hydrogens (tertiary/aromatic N) is 3. The molecule has 270 valence electrons. The van der Waals surface area contributed by atoms with Crippen LogP contribution in [0.25, 0.3) is 61.6 Å². The van der Waals surface area contributed by atoms with Crippen LogP contribution in [0.1, 0.15) is 78.0 Å². The molecule has 2 heterocycles. The van der Waals surface area contributed by atoms with Crippen LogP contribution in [-0.4, -0.2) is 19.6 Å². The van der Waals surface area contributed by atoms with Gasteiger partial charge >= 0.3 is 0 Å². The number of pyridine rings is 1. The molecular weight excluding hydrogens is 830 g/mol. The molecule has 0 saturated carbocycles. The van der Waals surface area contributed by atoms with Gasteiger partial charge in [0.1, 0.15) is 11.6 Å². The molecule has 0 saturated heterocycles. The van der Waals surface area contributed by atoms with Crippen LogP contribution in [0.4, 0.5) is 0 Å². The number of para-hydroxylation sites is 2. The zero-order chi connectivity index (χ0) is 36.4. The van der Waals surface area contributed by atoms with E-state index >= 15 is 0 Å². The van der Waals surface area contributed by atoms with E-state index in [1.807, 2.05) is 36.5 Å². The van der Waals surface area contributed by atoms with Gasteiger partial charge in [0.15, 0.2) is 0 Å². The van der Waals surface area contributed by atoms with Crippen molar-refractivity contribution in [1.82, 2.24) is 14.5 Å². The van der Waals surface area contributed by atoms with Crippen LogP contribution in [0.15, 0.2) is 121 Å². The van der Waals surface area contributed by atoms with E-state index in [0.29, 0.717) is 5.82 Å². The van der Waals surface area contributed by atoms with Gasteiger partial charge < -0.3 is 5.11 Å². The number of imidazole rings is 1. The van der Waals surface area contributed by atoms with Crippen molar-refractivity contribution >= 4 is 11.0 Å². The number of phenolic OH excluding ortho intramolecular Hbond substituents is 1. The molecule has 4 nitrogen and oxygen atoms in total. The van der Waals surface area contributed by atoms with Crippen LogP contribution in [0.5, 0.6) is 5.75 Å². The number of hydrogen-bond acceptors (Lipinski definition) is 3. The minimum absolute atomic E-state index is 0. The van der Waals surface area contributed by atoms with Crippen LogP contribution in [0.2, 0.25) is 0 Å². The summed E-state index contributed by atoms with van der Waals surface area (Å²) in [4.78, 5) is 10.2. The first-order chi connectivity index (χ1) is 24.8. The molecule has 0 amide bonds. The van der Waals surface area contributed by atoms with Gasteiger partial charge in [-0.2, -0.15) is 0 Å². The Balaban J connectivity index is 0.00000435. The second-order valence-electron chi connectivity index (χ2n) is 16.7. The van der Waals surface area contributed by atoms with Crippen molar-refractivity contribution in [1.29, 1.82) is 0 Å². The molecule has 0 atom stereocenters. The second kappa shape index (κ2) is 13.6. The van der Waals surface area contributed by atoms with Crippen molar-refractivity contribution in [3.63, 3.8) is 0 Å². The van der Waals surface area contributed by atoms with Gasteiger partial charge in [0, 0.05) is 38.5 Å². The Kier molecular flexibility index (Phi) is 9.36. The van der Waals surface area contributed by atoms with Gasteiger partial charge in [0.2, 0.25) is 0 Å². The summed E-state index contributed by atoms with van der Waals surface area (Å²) < 4.78 is 2.25. The number of aromatic nitrogens is 3. The third-order valence-corrected chi connectivity index (χ3v) is 11.1.